The number of aromatic amines is 1. The lowest BCUT2D eigenvalue weighted by Gasteiger charge is -2.23. The van der Waals surface area contributed by atoms with E-state index in [-0.39, 0.29) is 0 Å². The van der Waals surface area contributed by atoms with Crippen LogP contribution in [0.3, 0.4) is 0 Å². The Morgan fingerprint density at radius 1 is 1.37 bits per heavy atom. The number of nitrogens with one attached hydrogen (secondary N) is 2. The van der Waals surface area contributed by atoms with Crippen molar-refractivity contribution in [1.82, 2.24) is 24.8 Å². The van der Waals surface area contributed by atoms with Crippen LogP contribution in [0.2, 0.25) is 0 Å². The first-order valence-corrected chi connectivity index (χ1v) is 6.58. The number of hydrogen-bond donors (Lipinski definition) is 2. The highest BCUT2D eigenvalue weighted by molar-refractivity contribution is 5.31. The normalized spacial score (nSPS) is 19.7. The van der Waals surface area contributed by atoms with Gasteiger partial charge in [-0.3, -0.25) is 9.88 Å². The van der Waals surface area contributed by atoms with Gasteiger partial charge in [-0.2, -0.15) is 0 Å². The summed E-state index contributed by atoms with van der Waals surface area (Å²) in [6.45, 7) is 1.98. The molecule has 0 saturated carbocycles. The summed E-state index contributed by atoms with van der Waals surface area (Å²) in [6.07, 6.45) is 9.56. The molecule has 0 radical (unpaired) electrons. The molecule has 1 atom stereocenters. The van der Waals surface area contributed by atoms with Crippen LogP contribution in [0.25, 0.3) is 0 Å². The summed E-state index contributed by atoms with van der Waals surface area (Å²) in [6, 6.07) is 0.351. The molecule has 1 aliphatic heterocycles. The number of H-pyrrole nitrogens is 1. The van der Waals surface area contributed by atoms with E-state index in [0.29, 0.717) is 6.04 Å². The van der Waals surface area contributed by atoms with Crippen LogP contribution < -0.4 is 5.32 Å². The van der Waals surface area contributed by atoms with Crippen molar-refractivity contribution >= 4 is 5.82 Å². The quantitative estimate of drug-likeness (QED) is 0.871. The monoisotopic (exact) mass is 258 g/mol. The van der Waals surface area contributed by atoms with Gasteiger partial charge in [0.2, 0.25) is 0 Å². The maximum absolute atomic E-state index is 4.61. The summed E-state index contributed by atoms with van der Waals surface area (Å²) in [5.74, 6) is 0.825. The molecule has 1 fully saturated rings. The molecule has 0 aliphatic carbocycles. The Hall–Kier alpha value is -1.95. The largest absolute Gasteiger partial charge is 0.372 e. The standard InChI is InChI=1S/C13H18N6/c1-14-13-7-15-6-11(18-13)12-3-2-4-19(12)8-10-5-16-9-17-10/h5-7,9,12H,2-4,8H2,1H3,(H,14,18)(H,16,17)/t12-/m0/s1. The topological polar surface area (TPSA) is 69.7 Å². The van der Waals surface area contributed by atoms with Crippen molar-refractivity contribution in [3.05, 3.63) is 36.3 Å². The van der Waals surface area contributed by atoms with Gasteiger partial charge in [0.1, 0.15) is 5.82 Å². The molecule has 0 aromatic carbocycles. The van der Waals surface area contributed by atoms with Gasteiger partial charge in [-0.1, -0.05) is 0 Å². The Kier molecular flexibility index (Phi) is 3.41. The first-order valence-electron chi connectivity index (χ1n) is 6.58. The van der Waals surface area contributed by atoms with Gasteiger partial charge in [-0.15, -0.1) is 0 Å². The molecule has 6 nitrogen and oxygen atoms in total. The fourth-order valence-electron chi connectivity index (χ4n) is 2.60. The molecule has 0 unspecified atom stereocenters. The third kappa shape index (κ3) is 2.58. The maximum atomic E-state index is 4.61. The van der Waals surface area contributed by atoms with E-state index < -0.39 is 0 Å². The molecule has 100 valence electrons. The van der Waals surface area contributed by atoms with Crippen molar-refractivity contribution in [2.24, 2.45) is 0 Å². The molecule has 19 heavy (non-hydrogen) atoms. The van der Waals surface area contributed by atoms with E-state index in [2.05, 4.69) is 30.2 Å². The third-order valence-corrected chi connectivity index (χ3v) is 3.54. The third-order valence-electron chi connectivity index (χ3n) is 3.54. The minimum absolute atomic E-state index is 0.351. The second-order valence-corrected chi connectivity index (χ2v) is 4.78. The van der Waals surface area contributed by atoms with Gasteiger partial charge in [0.15, 0.2) is 0 Å². The predicted molar refractivity (Wildman–Crippen MR) is 72.6 cm³/mol. The van der Waals surface area contributed by atoms with Crippen LogP contribution in [0.4, 0.5) is 5.82 Å². The van der Waals surface area contributed by atoms with Gasteiger partial charge in [0.05, 0.1) is 30.5 Å². The fourth-order valence-corrected chi connectivity index (χ4v) is 2.60. The number of anilines is 1. The summed E-state index contributed by atoms with van der Waals surface area (Å²) in [7, 11) is 1.87. The molecule has 3 heterocycles. The Balaban J connectivity index is 1.78. The maximum Gasteiger partial charge on any atom is 0.144 e. The number of likely N-dealkylation sites (tertiary alicyclic amines) is 1. The van der Waals surface area contributed by atoms with Crippen LogP contribution in [-0.4, -0.2) is 38.4 Å². The summed E-state index contributed by atoms with van der Waals surface area (Å²) < 4.78 is 0. The fraction of sp³-hybridized carbons (Fsp3) is 0.462. The second kappa shape index (κ2) is 5.36. The highest BCUT2D eigenvalue weighted by atomic mass is 15.2. The van der Waals surface area contributed by atoms with Crippen molar-refractivity contribution in [3.8, 4) is 0 Å². The van der Waals surface area contributed by atoms with E-state index in [9.17, 15) is 0 Å². The average molecular weight is 258 g/mol. The molecule has 0 spiro atoms. The number of rotatable bonds is 4. The van der Waals surface area contributed by atoms with Crippen molar-refractivity contribution < 1.29 is 0 Å². The highest BCUT2D eigenvalue weighted by Crippen LogP contribution is 2.31. The van der Waals surface area contributed by atoms with Gasteiger partial charge in [-0.25, -0.2) is 9.97 Å². The minimum Gasteiger partial charge on any atom is -0.372 e. The first-order chi connectivity index (χ1) is 9.36. The van der Waals surface area contributed by atoms with E-state index >= 15 is 0 Å². The molecule has 0 amide bonds. The molecule has 2 aromatic rings. The van der Waals surface area contributed by atoms with Crippen LogP contribution in [0.5, 0.6) is 0 Å². The highest BCUT2D eigenvalue weighted by Gasteiger charge is 2.27. The summed E-state index contributed by atoms with van der Waals surface area (Å²) in [5, 5.41) is 3.04. The molecule has 2 N–H and O–H groups in total. The summed E-state index contributed by atoms with van der Waals surface area (Å²) in [5.41, 5.74) is 2.19. The SMILES string of the molecule is CNc1cncc([C@@H]2CCCN2Cc2cnc[nH]2)n1. The van der Waals surface area contributed by atoms with E-state index in [1.165, 1.54) is 6.42 Å². The zero-order valence-electron chi connectivity index (χ0n) is 11.0. The van der Waals surface area contributed by atoms with Crippen LogP contribution in [0.15, 0.2) is 24.9 Å². The van der Waals surface area contributed by atoms with Crippen molar-refractivity contribution in [2.45, 2.75) is 25.4 Å². The smallest absolute Gasteiger partial charge is 0.144 e. The molecule has 1 saturated heterocycles. The van der Waals surface area contributed by atoms with Gasteiger partial charge in [-0.05, 0) is 19.4 Å². The molecular weight excluding hydrogens is 240 g/mol. The lowest BCUT2D eigenvalue weighted by molar-refractivity contribution is 0.241. The Bertz CT molecular complexity index is 524. The van der Waals surface area contributed by atoms with Crippen molar-refractivity contribution in [1.29, 1.82) is 0 Å². The lowest BCUT2D eigenvalue weighted by atomic mass is 10.1. The lowest BCUT2D eigenvalue weighted by Crippen LogP contribution is -2.24. The van der Waals surface area contributed by atoms with Crippen LogP contribution in [0.1, 0.15) is 30.3 Å². The minimum atomic E-state index is 0.351. The molecular formula is C13H18N6. The van der Waals surface area contributed by atoms with Gasteiger partial charge in [0, 0.05) is 25.5 Å². The first kappa shape index (κ1) is 12.1. The Morgan fingerprint density at radius 2 is 2.32 bits per heavy atom. The van der Waals surface area contributed by atoms with Crippen LogP contribution >= 0.6 is 0 Å². The molecule has 1 aliphatic rings. The predicted octanol–water partition coefficient (Wildman–Crippen LogP) is 1.58. The number of hydrogen-bond acceptors (Lipinski definition) is 5. The van der Waals surface area contributed by atoms with Crippen LogP contribution in [-0.2, 0) is 6.54 Å². The number of nitrogens with zero attached hydrogens (tertiary/aromatic N) is 4. The summed E-state index contributed by atoms with van der Waals surface area (Å²) in [4.78, 5) is 18.5. The summed E-state index contributed by atoms with van der Waals surface area (Å²) >= 11 is 0. The molecule has 6 heteroatoms. The zero-order valence-corrected chi connectivity index (χ0v) is 11.0. The van der Waals surface area contributed by atoms with Gasteiger partial charge >= 0.3 is 0 Å². The average Bonchev–Trinajstić information content (AvgIpc) is 3.11. The Labute approximate surface area is 112 Å². The second-order valence-electron chi connectivity index (χ2n) is 4.78. The van der Waals surface area contributed by atoms with E-state index in [4.69, 9.17) is 0 Å². The molecule has 3 rings (SSSR count). The van der Waals surface area contributed by atoms with E-state index in [0.717, 1.165) is 36.7 Å². The molecule has 0 bridgehead atoms. The van der Waals surface area contributed by atoms with Crippen LogP contribution in [0, 0.1) is 0 Å². The van der Waals surface area contributed by atoms with Gasteiger partial charge < -0.3 is 10.3 Å². The van der Waals surface area contributed by atoms with E-state index in [1.807, 2.05) is 19.4 Å². The van der Waals surface area contributed by atoms with Crippen molar-refractivity contribution in [3.63, 3.8) is 0 Å². The zero-order chi connectivity index (χ0) is 13.1. The number of imidazole rings is 1. The molecule has 2 aromatic heterocycles. The Morgan fingerprint density at radius 3 is 3.11 bits per heavy atom. The van der Waals surface area contributed by atoms with Gasteiger partial charge in [0.25, 0.3) is 0 Å². The van der Waals surface area contributed by atoms with Crippen molar-refractivity contribution in [2.75, 3.05) is 18.9 Å². The number of aromatic nitrogens is 4. The van der Waals surface area contributed by atoms with E-state index in [1.54, 1.807) is 12.5 Å².